The van der Waals surface area contributed by atoms with Crippen LogP contribution in [0.1, 0.15) is 6.42 Å². The van der Waals surface area contributed by atoms with Crippen molar-refractivity contribution in [3.05, 3.63) is 11.8 Å². The minimum atomic E-state index is -0.211. The zero-order chi connectivity index (χ0) is 6.69. The van der Waals surface area contributed by atoms with Crippen molar-refractivity contribution in [2.75, 3.05) is 0 Å². The lowest BCUT2D eigenvalue weighted by Gasteiger charge is -2.04. The van der Waals surface area contributed by atoms with E-state index in [1.54, 1.807) is 6.08 Å². The van der Waals surface area contributed by atoms with Gasteiger partial charge in [0.05, 0.1) is 6.07 Å². The van der Waals surface area contributed by atoms with Crippen molar-refractivity contribution < 1.29 is 0 Å². The highest BCUT2D eigenvalue weighted by atomic mass is 14.8. The van der Waals surface area contributed by atoms with Crippen LogP contribution in [0.4, 0.5) is 0 Å². The summed E-state index contributed by atoms with van der Waals surface area (Å²) in [6.07, 6.45) is 3.98. The van der Waals surface area contributed by atoms with Gasteiger partial charge in [0.25, 0.3) is 0 Å². The lowest BCUT2D eigenvalue weighted by molar-refractivity contribution is 0.837. The third-order valence-electron chi connectivity index (χ3n) is 1.13. The first-order chi connectivity index (χ1) is 4.33. The van der Waals surface area contributed by atoms with Crippen LogP contribution in [0.15, 0.2) is 16.8 Å². The summed E-state index contributed by atoms with van der Waals surface area (Å²) in [5.74, 6) is 0. The third-order valence-corrected chi connectivity index (χ3v) is 1.13. The number of nitrogens with zero attached hydrogens (tertiary/aromatic N) is 2. The number of hydrogen-bond acceptors (Lipinski definition) is 3. The predicted molar refractivity (Wildman–Crippen MR) is 34.8 cm³/mol. The number of hydrogen-bond donors (Lipinski definition) is 1. The minimum absolute atomic E-state index is 0.211. The van der Waals surface area contributed by atoms with Crippen LogP contribution in [0.5, 0.6) is 0 Å². The first-order valence-electron chi connectivity index (χ1n) is 2.71. The van der Waals surface area contributed by atoms with Gasteiger partial charge >= 0.3 is 0 Å². The van der Waals surface area contributed by atoms with E-state index in [0.717, 1.165) is 0 Å². The van der Waals surface area contributed by atoms with Crippen LogP contribution in [0.25, 0.3) is 0 Å². The average Bonchev–Trinajstić information content (AvgIpc) is 1.90. The highest BCUT2D eigenvalue weighted by Crippen LogP contribution is 2.03. The van der Waals surface area contributed by atoms with E-state index in [0.29, 0.717) is 12.1 Å². The molecule has 46 valence electrons. The Bertz CT molecular complexity index is 197. The van der Waals surface area contributed by atoms with Crippen LogP contribution in [-0.4, -0.2) is 12.3 Å². The molecule has 0 bridgehead atoms. The number of nitriles is 1. The summed E-state index contributed by atoms with van der Waals surface area (Å²) in [6.45, 7) is 0. The first-order valence-corrected chi connectivity index (χ1v) is 2.71. The van der Waals surface area contributed by atoms with Gasteiger partial charge in [0.15, 0.2) is 0 Å². The lowest BCUT2D eigenvalue weighted by Crippen LogP contribution is -2.10. The summed E-state index contributed by atoms with van der Waals surface area (Å²) in [5, 5.41) is 8.34. The lowest BCUT2D eigenvalue weighted by atomic mass is 10.2. The fraction of sp³-hybridized carbons (Fsp3) is 0.333. The van der Waals surface area contributed by atoms with Gasteiger partial charge in [-0.2, -0.15) is 5.26 Å². The quantitative estimate of drug-likeness (QED) is 0.497. The van der Waals surface area contributed by atoms with Gasteiger partial charge in [-0.15, -0.1) is 0 Å². The Morgan fingerprint density at radius 2 is 2.67 bits per heavy atom. The number of rotatable bonds is 0. The molecule has 0 aliphatic carbocycles. The molecule has 0 spiro atoms. The summed E-state index contributed by atoms with van der Waals surface area (Å²) in [6, 6.07) is 1.82. The molecule has 1 unspecified atom stereocenters. The molecule has 9 heavy (non-hydrogen) atoms. The number of nitrogens with two attached hydrogens (primary N) is 1. The maximum absolute atomic E-state index is 8.34. The zero-order valence-electron chi connectivity index (χ0n) is 4.91. The molecule has 0 radical (unpaired) electrons. The van der Waals surface area contributed by atoms with Crippen molar-refractivity contribution in [2.45, 2.75) is 12.5 Å². The van der Waals surface area contributed by atoms with E-state index in [1.165, 1.54) is 6.21 Å². The maximum atomic E-state index is 8.34. The minimum Gasteiger partial charge on any atom is -0.398 e. The van der Waals surface area contributed by atoms with Crippen molar-refractivity contribution >= 4 is 6.21 Å². The molecule has 1 aliphatic rings. The molecule has 0 aromatic rings. The van der Waals surface area contributed by atoms with Crippen molar-refractivity contribution in [1.29, 1.82) is 5.26 Å². The molecule has 0 saturated heterocycles. The van der Waals surface area contributed by atoms with E-state index in [1.807, 2.05) is 6.07 Å². The number of dihydropyridines is 1. The molecular weight excluding hydrogens is 114 g/mol. The maximum Gasteiger partial charge on any atom is 0.140 e. The van der Waals surface area contributed by atoms with E-state index in [2.05, 4.69) is 4.99 Å². The van der Waals surface area contributed by atoms with Crippen LogP contribution in [-0.2, 0) is 0 Å². The van der Waals surface area contributed by atoms with Crippen LogP contribution in [0.3, 0.4) is 0 Å². The van der Waals surface area contributed by atoms with Gasteiger partial charge in [-0.05, 0) is 0 Å². The molecule has 0 saturated carbocycles. The number of allylic oxidation sites excluding steroid dienone is 1. The average molecular weight is 121 g/mol. The summed E-state index contributed by atoms with van der Waals surface area (Å²) in [7, 11) is 0. The molecule has 0 aromatic carbocycles. The van der Waals surface area contributed by atoms with Gasteiger partial charge in [0, 0.05) is 18.3 Å². The second kappa shape index (κ2) is 2.31. The van der Waals surface area contributed by atoms with E-state index < -0.39 is 0 Å². The second-order valence-corrected chi connectivity index (χ2v) is 1.86. The first kappa shape index (κ1) is 5.83. The van der Waals surface area contributed by atoms with Crippen LogP contribution in [0, 0.1) is 11.3 Å². The van der Waals surface area contributed by atoms with Gasteiger partial charge < -0.3 is 5.73 Å². The molecule has 1 atom stereocenters. The number of aliphatic imine (C=N–C) groups is 1. The van der Waals surface area contributed by atoms with Gasteiger partial charge in [-0.3, -0.25) is 4.99 Å². The van der Waals surface area contributed by atoms with Crippen LogP contribution >= 0.6 is 0 Å². The molecular formula is C6H7N3. The summed E-state index contributed by atoms with van der Waals surface area (Å²) in [4.78, 5) is 3.85. The van der Waals surface area contributed by atoms with Crippen LogP contribution < -0.4 is 5.73 Å². The Hall–Kier alpha value is -1.30. The molecule has 1 aliphatic heterocycles. The largest absolute Gasteiger partial charge is 0.398 e. The van der Waals surface area contributed by atoms with E-state index in [-0.39, 0.29) is 6.04 Å². The molecule has 2 N–H and O–H groups in total. The summed E-state index contributed by atoms with van der Waals surface area (Å²) >= 11 is 0. The molecule has 3 nitrogen and oxygen atoms in total. The molecule has 0 amide bonds. The highest BCUT2D eigenvalue weighted by molar-refractivity contribution is 5.78. The van der Waals surface area contributed by atoms with Crippen molar-refractivity contribution in [1.82, 2.24) is 0 Å². The van der Waals surface area contributed by atoms with E-state index in [9.17, 15) is 0 Å². The molecule has 1 heterocycles. The molecule has 0 aromatic heterocycles. The summed E-state index contributed by atoms with van der Waals surface area (Å²) in [5.41, 5.74) is 6.01. The smallest absolute Gasteiger partial charge is 0.140 e. The van der Waals surface area contributed by atoms with E-state index >= 15 is 0 Å². The summed E-state index contributed by atoms with van der Waals surface area (Å²) < 4.78 is 0. The monoisotopic (exact) mass is 121 g/mol. The van der Waals surface area contributed by atoms with Crippen molar-refractivity contribution in [3.8, 4) is 6.07 Å². The predicted octanol–water partition coefficient (Wildman–Crippen LogP) is 0.196. The standard InChI is InChI=1S/C6H7N3/c7-3-6-2-1-5(8)4-9-6/h1,4,6H,2,8H2. The molecule has 3 heteroatoms. The van der Waals surface area contributed by atoms with Gasteiger partial charge in [-0.25, -0.2) is 0 Å². The SMILES string of the molecule is N#CC1CC=C(N)C=N1. The Balaban J connectivity index is 2.61. The van der Waals surface area contributed by atoms with Gasteiger partial charge in [0.1, 0.15) is 6.04 Å². The highest BCUT2D eigenvalue weighted by Gasteiger charge is 2.04. The fourth-order valence-electron chi connectivity index (χ4n) is 0.623. The molecule has 1 rings (SSSR count). The normalized spacial score (nSPS) is 24.8. The van der Waals surface area contributed by atoms with Crippen molar-refractivity contribution in [3.63, 3.8) is 0 Å². The topological polar surface area (TPSA) is 62.2 Å². The molecule has 0 fully saturated rings. The van der Waals surface area contributed by atoms with E-state index in [4.69, 9.17) is 11.0 Å². The Kier molecular flexibility index (Phi) is 1.50. The van der Waals surface area contributed by atoms with Gasteiger partial charge in [-0.1, -0.05) is 6.08 Å². The van der Waals surface area contributed by atoms with Crippen molar-refractivity contribution in [2.24, 2.45) is 10.7 Å². The fourth-order valence-corrected chi connectivity index (χ4v) is 0.623. The Morgan fingerprint density at radius 1 is 1.89 bits per heavy atom. The second-order valence-electron chi connectivity index (χ2n) is 1.86. The Morgan fingerprint density at radius 3 is 3.11 bits per heavy atom. The van der Waals surface area contributed by atoms with Gasteiger partial charge in [0.2, 0.25) is 0 Å². The zero-order valence-corrected chi connectivity index (χ0v) is 4.91. The Labute approximate surface area is 53.5 Å². The third kappa shape index (κ3) is 1.29. The van der Waals surface area contributed by atoms with Crippen LogP contribution in [0.2, 0.25) is 0 Å².